The summed E-state index contributed by atoms with van der Waals surface area (Å²) in [6.45, 7) is 5.02. The zero-order chi connectivity index (χ0) is 14.5. The van der Waals surface area contributed by atoms with E-state index in [1.165, 1.54) is 22.3 Å². The molecule has 2 aromatic carbocycles. The van der Waals surface area contributed by atoms with Crippen molar-refractivity contribution in [2.75, 3.05) is 7.05 Å². The summed E-state index contributed by atoms with van der Waals surface area (Å²) >= 11 is 0. The van der Waals surface area contributed by atoms with Crippen molar-refractivity contribution >= 4 is 0 Å². The first-order valence-corrected chi connectivity index (χ1v) is 7.21. The molecule has 0 saturated carbocycles. The molecule has 2 rings (SSSR count). The standard InChI is InChI=1S/C18H24N2/c1-13(2)15-7-9-16(10-8-15)18(20-3)17-6-4-5-14(11-17)12-19/h4-11,13,18,20H,12,19H2,1-3H3. The van der Waals surface area contributed by atoms with E-state index in [-0.39, 0.29) is 6.04 Å². The van der Waals surface area contributed by atoms with Crippen LogP contribution in [0.3, 0.4) is 0 Å². The summed E-state index contributed by atoms with van der Waals surface area (Å²) in [4.78, 5) is 0. The summed E-state index contributed by atoms with van der Waals surface area (Å²) in [5, 5.41) is 3.39. The molecule has 0 aliphatic carbocycles. The molecule has 20 heavy (non-hydrogen) atoms. The monoisotopic (exact) mass is 268 g/mol. The Balaban J connectivity index is 2.31. The molecular weight excluding hydrogens is 244 g/mol. The highest BCUT2D eigenvalue weighted by molar-refractivity contribution is 5.36. The minimum Gasteiger partial charge on any atom is -0.326 e. The maximum absolute atomic E-state index is 5.73. The van der Waals surface area contributed by atoms with Gasteiger partial charge in [-0.25, -0.2) is 0 Å². The molecule has 0 spiro atoms. The van der Waals surface area contributed by atoms with E-state index in [2.05, 4.69) is 67.7 Å². The Hall–Kier alpha value is -1.64. The lowest BCUT2D eigenvalue weighted by molar-refractivity contribution is 0.689. The van der Waals surface area contributed by atoms with Crippen molar-refractivity contribution in [3.63, 3.8) is 0 Å². The van der Waals surface area contributed by atoms with E-state index in [9.17, 15) is 0 Å². The highest BCUT2D eigenvalue weighted by Gasteiger charge is 2.12. The average molecular weight is 268 g/mol. The van der Waals surface area contributed by atoms with Gasteiger partial charge in [0.05, 0.1) is 6.04 Å². The lowest BCUT2D eigenvalue weighted by atomic mass is 9.94. The van der Waals surface area contributed by atoms with Crippen LogP contribution in [0, 0.1) is 0 Å². The number of hydrogen-bond acceptors (Lipinski definition) is 2. The van der Waals surface area contributed by atoms with Crippen LogP contribution in [-0.4, -0.2) is 7.05 Å². The van der Waals surface area contributed by atoms with Gasteiger partial charge < -0.3 is 11.1 Å². The summed E-state index contributed by atoms with van der Waals surface area (Å²) in [7, 11) is 2.00. The fourth-order valence-corrected chi connectivity index (χ4v) is 2.50. The fraction of sp³-hybridized carbons (Fsp3) is 0.333. The first-order valence-electron chi connectivity index (χ1n) is 7.21. The Morgan fingerprint density at radius 3 is 2.15 bits per heavy atom. The number of benzene rings is 2. The number of nitrogens with one attached hydrogen (secondary N) is 1. The quantitative estimate of drug-likeness (QED) is 0.870. The summed E-state index contributed by atoms with van der Waals surface area (Å²) in [6.07, 6.45) is 0. The second kappa shape index (κ2) is 6.69. The van der Waals surface area contributed by atoms with Crippen molar-refractivity contribution in [1.82, 2.24) is 5.32 Å². The predicted molar refractivity (Wildman–Crippen MR) is 85.8 cm³/mol. The molecule has 106 valence electrons. The van der Waals surface area contributed by atoms with Gasteiger partial charge in [-0.1, -0.05) is 62.4 Å². The summed E-state index contributed by atoms with van der Waals surface area (Å²) in [5.41, 5.74) is 10.8. The van der Waals surface area contributed by atoms with Crippen molar-refractivity contribution in [2.45, 2.75) is 32.4 Å². The molecule has 1 atom stereocenters. The van der Waals surface area contributed by atoms with Crippen LogP contribution < -0.4 is 11.1 Å². The van der Waals surface area contributed by atoms with Crippen LogP contribution in [0.2, 0.25) is 0 Å². The van der Waals surface area contributed by atoms with Gasteiger partial charge in [0.15, 0.2) is 0 Å². The van der Waals surface area contributed by atoms with Crippen molar-refractivity contribution < 1.29 is 0 Å². The maximum Gasteiger partial charge on any atom is 0.0574 e. The Labute approximate surface area is 122 Å². The second-order valence-corrected chi connectivity index (χ2v) is 5.49. The topological polar surface area (TPSA) is 38.0 Å². The van der Waals surface area contributed by atoms with E-state index in [0.29, 0.717) is 12.5 Å². The fourth-order valence-electron chi connectivity index (χ4n) is 2.50. The van der Waals surface area contributed by atoms with Crippen LogP contribution in [-0.2, 0) is 6.54 Å². The van der Waals surface area contributed by atoms with Gasteiger partial charge in [0.25, 0.3) is 0 Å². The molecule has 0 bridgehead atoms. The van der Waals surface area contributed by atoms with Gasteiger partial charge in [0, 0.05) is 6.54 Å². The van der Waals surface area contributed by atoms with Crippen LogP contribution in [0.5, 0.6) is 0 Å². The largest absolute Gasteiger partial charge is 0.326 e. The van der Waals surface area contributed by atoms with E-state index >= 15 is 0 Å². The van der Waals surface area contributed by atoms with Crippen LogP contribution in [0.25, 0.3) is 0 Å². The highest BCUT2D eigenvalue weighted by atomic mass is 14.9. The molecule has 0 fully saturated rings. The lowest BCUT2D eigenvalue weighted by Crippen LogP contribution is -2.18. The average Bonchev–Trinajstić information content (AvgIpc) is 2.49. The summed E-state index contributed by atoms with van der Waals surface area (Å²) in [5.74, 6) is 0.567. The molecule has 2 nitrogen and oxygen atoms in total. The van der Waals surface area contributed by atoms with Crippen molar-refractivity contribution in [1.29, 1.82) is 0 Å². The molecule has 2 heteroatoms. The van der Waals surface area contributed by atoms with Gasteiger partial charge in [0.1, 0.15) is 0 Å². The van der Waals surface area contributed by atoms with Crippen molar-refractivity contribution in [3.05, 3.63) is 70.8 Å². The van der Waals surface area contributed by atoms with Gasteiger partial charge in [-0.05, 0) is 35.2 Å². The summed E-state index contributed by atoms with van der Waals surface area (Å²) < 4.78 is 0. The van der Waals surface area contributed by atoms with E-state index < -0.39 is 0 Å². The second-order valence-electron chi connectivity index (χ2n) is 5.49. The predicted octanol–water partition coefficient (Wildman–Crippen LogP) is 3.58. The molecule has 2 aromatic rings. The van der Waals surface area contributed by atoms with Crippen molar-refractivity contribution in [3.8, 4) is 0 Å². The Bertz CT molecular complexity index is 544. The highest BCUT2D eigenvalue weighted by Crippen LogP contribution is 2.24. The van der Waals surface area contributed by atoms with Crippen LogP contribution in [0.1, 0.15) is 48.1 Å². The molecule has 0 aliphatic heterocycles. The molecule has 0 aliphatic rings. The number of hydrogen-bond donors (Lipinski definition) is 2. The third-order valence-electron chi connectivity index (χ3n) is 3.75. The Morgan fingerprint density at radius 2 is 1.60 bits per heavy atom. The number of rotatable bonds is 5. The molecule has 0 heterocycles. The van der Waals surface area contributed by atoms with Gasteiger partial charge in [-0.3, -0.25) is 0 Å². The van der Waals surface area contributed by atoms with E-state index in [4.69, 9.17) is 5.73 Å². The minimum atomic E-state index is 0.211. The van der Waals surface area contributed by atoms with Gasteiger partial charge in [-0.15, -0.1) is 0 Å². The smallest absolute Gasteiger partial charge is 0.0574 e. The van der Waals surface area contributed by atoms with E-state index in [0.717, 1.165) is 0 Å². The SMILES string of the molecule is CNC(c1ccc(C(C)C)cc1)c1cccc(CN)c1. The third kappa shape index (κ3) is 3.27. The van der Waals surface area contributed by atoms with Crippen molar-refractivity contribution in [2.24, 2.45) is 5.73 Å². The van der Waals surface area contributed by atoms with Gasteiger partial charge in [-0.2, -0.15) is 0 Å². The molecule has 3 N–H and O–H groups in total. The first kappa shape index (κ1) is 14.8. The van der Waals surface area contributed by atoms with E-state index in [1.54, 1.807) is 0 Å². The zero-order valence-corrected chi connectivity index (χ0v) is 12.6. The van der Waals surface area contributed by atoms with E-state index in [1.807, 2.05) is 7.05 Å². The third-order valence-corrected chi connectivity index (χ3v) is 3.75. The molecule has 0 aromatic heterocycles. The molecular formula is C18H24N2. The van der Waals surface area contributed by atoms with Crippen LogP contribution in [0.4, 0.5) is 0 Å². The van der Waals surface area contributed by atoms with Gasteiger partial charge >= 0.3 is 0 Å². The normalized spacial score (nSPS) is 12.7. The molecule has 0 amide bonds. The minimum absolute atomic E-state index is 0.211. The Kier molecular flexibility index (Phi) is 4.94. The summed E-state index contributed by atoms with van der Waals surface area (Å²) in [6, 6.07) is 17.5. The molecule has 0 radical (unpaired) electrons. The Morgan fingerprint density at radius 1 is 0.950 bits per heavy atom. The molecule has 0 saturated heterocycles. The van der Waals surface area contributed by atoms with Crippen LogP contribution in [0.15, 0.2) is 48.5 Å². The zero-order valence-electron chi connectivity index (χ0n) is 12.6. The maximum atomic E-state index is 5.73. The number of nitrogens with two attached hydrogens (primary N) is 1. The van der Waals surface area contributed by atoms with Crippen LogP contribution >= 0.6 is 0 Å². The first-order chi connectivity index (χ1) is 9.65. The van der Waals surface area contributed by atoms with Gasteiger partial charge in [0.2, 0.25) is 0 Å². The molecule has 1 unspecified atom stereocenters. The lowest BCUT2D eigenvalue weighted by Gasteiger charge is -2.19.